The predicted octanol–water partition coefficient (Wildman–Crippen LogP) is 0.891. The first kappa shape index (κ1) is 19.8. The lowest BCUT2D eigenvalue weighted by Crippen LogP contribution is -2.34. The first-order valence-electron chi connectivity index (χ1n) is 8.44. The molecule has 1 atom stereocenters. The smallest absolute Gasteiger partial charge is 0.251 e. The third-order valence-electron chi connectivity index (χ3n) is 3.68. The third kappa shape index (κ3) is 6.74. The van der Waals surface area contributed by atoms with Crippen LogP contribution in [0, 0.1) is 5.92 Å². The molecule has 1 aliphatic carbocycles. The van der Waals surface area contributed by atoms with Crippen LogP contribution < -0.4 is 10.0 Å². The average Bonchev–Trinajstić information content (AvgIpc) is 3.36. The highest BCUT2D eigenvalue weighted by molar-refractivity contribution is 7.89. The van der Waals surface area contributed by atoms with E-state index in [0.717, 1.165) is 0 Å². The molecule has 0 radical (unpaired) electrons. The highest BCUT2D eigenvalue weighted by Gasteiger charge is 2.21. The number of sulfonamides is 1. The molecule has 7 nitrogen and oxygen atoms in total. The lowest BCUT2D eigenvalue weighted by atomic mass is 10.2. The van der Waals surface area contributed by atoms with E-state index in [1.165, 1.54) is 37.1 Å². The van der Waals surface area contributed by atoms with Crippen LogP contribution in [0.25, 0.3) is 0 Å². The number of ether oxygens (including phenoxy) is 1. The summed E-state index contributed by atoms with van der Waals surface area (Å²) in [5.74, 6) is 0.253. The van der Waals surface area contributed by atoms with E-state index in [1.54, 1.807) is 13.8 Å². The lowest BCUT2D eigenvalue weighted by Gasteiger charge is -2.13. The van der Waals surface area contributed by atoms with Gasteiger partial charge in [0.05, 0.1) is 17.6 Å². The molecule has 0 aliphatic heterocycles. The van der Waals surface area contributed by atoms with Crippen LogP contribution in [0.15, 0.2) is 29.2 Å². The number of aliphatic hydroxyl groups excluding tert-OH is 1. The maximum absolute atomic E-state index is 12.1. The molecule has 2 rings (SSSR count). The number of hydrogen-bond acceptors (Lipinski definition) is 5. The highest BCUT2D eigenvalue weighted by Crippen LogP contribution is 2.28. The Hall–Kier alpha value is -1.48. The van der Waals surface area contributed by atoms with E-state index in [1.807, 2.05) is 0 Å². The molecule has 1 fully saturated rings. The number of nitrogens with one attached hydrogen (secondary N) is 2. The van der Waals surface area contributed by atoms with Crippen molar-refractivity contribution >= 4 is 15.9 Å². The van der Waals surface area contributed by atoms with Gasteiger partial charge in [-0.25, -0.2) is 13.1 Å². The molecule has 1 amide bonds. The summed E-state index contributed by atoms with van der Waals surface area (Å²) < 4.78 is 31.9. The van der Waals surface area contributed by atoms with E-state index >= 15 is 0 Å². The van der Waals surface area contributed by atoms with Crippen molar-refractivity contribution in [1.29, 1.82) is 0 Å². The third-order valence-corrected chi connectivity index (χ3v) is 5.35. The number of benzene rings is 1. The fourth-order valence-electron chi connectivity index (χ4n) is 2.19. The van der Waals surface area contributed by atoms with Crippen molar-refractivity contribution in [3.63, 3.8) is 0 Å². The number of carbonyl (C=O) groups excluding carboxylic acids is 1. The van der Waals surface area contributed by atoms with E-state index in [4.69, 9.17) is 4.74 Å². The van der Waals surface area contributed by atoms with Gasteiger partial charge in [0.2, 0.25) is 10.0 Å². The van der Waals surface area contributed by atoms with Crippen molar-refractivity contribution in [2.45, 2.75) is 43.7 Å². The molecule has 0 spiro atoms. The molecular formula is C17H26N2O5S. The van der Waals surface area contributed by atoms with Gasteiger partial charge in [-0.2, -0.15) is 0 Å². The van der Waals surface area contributed by atoms with Crippen molar-refractivity contribution in [1.82, 2.24) is 10.0 Å². The van der Waals surface area contributed by atoms with Gasteiger partial charge in [0.1, 0.15) is 0 Å². The second kappa shape index (κ2) is 8.75. The number of amides is 1. The Balaban J connectivity index is 1.81. The first-order chi connectivity index (χ1) is 11.8. The molecule has 1 aromatic carbocycles. The van der Waals surface area contributed by atoms with E-state index in [0.29, 0.717) is 18.1 Å². The summed E-state index contributed by atoms with van der Waals surface area (Å²) in [5, 5.41) is 12.4. The lowest BCUT2D eigenvalue weighted by molar-refractivity contribution is 0.0320. The van der Waals surface area contributed by atoms with Gasteiger partial charge < -0.3 is 15.2 Å². The van der Waals surface area contributed by atoms with E-state index in [2.05, 4.69) is 10.0 Å². The monoisotopic (exact) mass is 370 g/mol. The van der Waals surface area contributed by atoms with Crippen LogP contribution in [-0.2, 0) is 14.8 Å². The summed E-state index contributed by atoms with van der Waals surface area (Å²) in [5.41, 5.74) is 0.328. The van der Waals surface area contributed by atoms with Crippen LogP contribution in [0.3, 0.4) is 0 Å². The van der Waals surface area contributed by atoms with Crippen molar-refractivity contribution in [2.75, 3.05) is 19.8 Å². The first-order valence-corrected chi connectivity index (χ1v) is 9.92. The minimum atomic E-state index is -3.58. The summed E-state index contributed by atoms with van der Waals surface area (Å²) in [7, 11) is -3.58. The predicted molar refractivity (Wildman–Crippen MR) is 93.8 cm³/mol. The van der Waals surface area contributed by atoms with Crippen molar-refractivity contribution in [3.05, 3.63) is 29.8 Å². The van der Waals surface area contributed by atoms with E-state index in [9.17, 15) is 18.3 Å². The van der Waals surface area contributed by atoms with Crippen LogP contribution in [0.5, 0.6) is 0 Å². The zero-order valence-electron chi connectivity index (χ0n) is 14.6. The average molecular weight is 370 g/mol. The summed E-state index contributed by atoms with van der Waals surface area (Å²) in [6, 6.07) is 5.45. The zero-order chi connectivity index (χ0) is 18.4. The molecule has 0 saturated heterocycles. The molecule has 1 saturated carbocycles. The van der Waals surface area contributed by atoms with Gasteiger partial charge in [-0.3, -0.25) is 4.79 Å². The zero-order valence-corrected chi connectivity index (χ0v) is 15.4. The molecule has 1 aliphatic rings. The van der Waals surface area contributed by atoms with Crippen molar-refractivity contribution < 1.29 is 23.1 Å². The Bertz CT molecular complexity index is 669. The van der Waals surface area contributed by atoms with Crippen molar-refractivity contribution in [2.24, 2.45) is 5.92 Å². The van der Waals surface area contributed by atoms with Gasteiger partial charge in [-0.15, -0.1) is 0 Å². The quantitative estimate of drug-likeness (QED) is 0.567. The SMILES string of the molecule is CC(C)NS(=O)(=O)c1ccc(C(=O)NC[C@@H](O)COCC2CC2)cc1. The topological polar surface area (TPSA) is 105 Å². The Morgan fingerprint density at radius 3 is 2.48 bits per heavy atom. The van der Waals surface area contributed by atoms with Crippen LogP contribution in [0.4, 0.5) is 0 Å². The standard InChI is InChI=1S/C17H26N2O5S/c1-12(2)19-25(22,23)16-7-5-14(6-8-16)17(21)18-9-15(20)11-24-10-13-3-4-13/h5-8,12-13,15,19-20H,3-4,9-11H2,1-2H3,(H,18,21)/t15-/m1/s1. The van der Waals surface area contributed by atoms with Crippen molar-refractivity contribution in [3.8, 4) is 0 Å². The molecule has 25 heavy (non-hydrogen) atoms. The van der Waals surface area contributed by atoms with Crippen LogP contribution in [-0.4, -0.2) is 51.3 Å². The van der Waals surface area contributed by atoms with Gasteiger partial charge in [0, 0.05) is 24.8 Å². The van der Waals surface area contributed by atoms with E-state index < -0.39 is 16.1 Å². The molecule has 0 bridgehead atoms. The van der Waals surface area contributed by atoms with Gasteiger partial charge >= 0.3 is 0 Å². The highest BCUT2D eigenvalue weighted by atomic mass is 32.2. The van der Waals surface area contributed by atoms with Crippen LogP contribution in [0.2, 0.25) is 0 Å². The summed E-state index contributed by atoms with van der Waals surface area (Å²) in [6.45, 7) is 4.40. The fourth-order valence-corrected chi connectivity index (χ4v) is 3.44. The molecule has 1 aromatic rings. The normalized spacial score (nSPS) is 16.0. The summed E-state index contributed by atoms with van der Waals surface area (Å²) >= 11 is 0. The minimum absolute atomic E-state index is 0.0818. The number of carbonyl (C=O) groups is 1. The van der Waals surface area contributed by atoms with Crippen LogP contribution in [0.1, 0.15) is 37.0 Å². The Kier molecular flexibility index (Phi) is 6.95. The molecular weight excluding hydrogens is 344 g/mol. The second-order valence-electron chi connectivity index (χ2n) is 6.65. The number of hydrogen-bond donors (Lipinski definition) is 3. The molecule has 140 valence electrons. The van der Waals surface area contributed by atoms with Gasteiger partial charge in [0.15, 0.2) is 0 Å². The van der Waals surface area contributed by atoms with Gasteiger partial charge in [-0.05, 0) is 56.9 Å². The molecule has 8 heteroatoms. The summed E-state index contributed by atoms with van der Waals surface area (Å²) in [4.78, 5) is 12.2. The molecule has 0 unspecified atom stereocenters. The molecule has 0 aromatic heterocycles. The maximum atomic E-state index is 12.1. The van der Waals surface area contributed by atoms with Gasteiger partial charge in [0.25, 0.3) is 5.91 Å². The Morgan fingerprint density at radius 1 is 1.28 bits per heavy atom. The minimum Gasteiger partial charge on any atom is -0.389 e. The Morgan fingerprint density at radius 2 is 1.92 bits per heavy atom. The van der Waals surface area contributed by atoms with E-state index in [-0.39, 0.29) is 30.0 Å². The maximum Gasteiger partial charge on any atom is 0.251 e. The van der Waals surface area contributed by atoms with Crippen LogP contribution >= 0.6 is 0 Å². The number of rotatable bonds is 10. The largest absolute Gasteiger partial charge is 0.389 e. The molecule has 3 N–H and O–H groups in total. The van der Waals surface area contributed by atoms with Gasteiger partial charge in [-0.1, -0.05) is 0 Å². The second-order valence-corrected chi connectivity index (χ2v) is 8.36. The molecule has 0 heterocycles. The Labute approximate surface area is 148 Å². The fraction of sp³-hybridized carbons (Fsp3) is 0.588. The number of aliphatic hydroxyl groups is 1. The summed E-state index contributed by atoms with van der Waals surface area (Å²) in [6.07, 6.45) is 1.61.